The minimum absolute atomic E-state index is 0.00207. The molecule has 0 radical (unpaired) electrons. The summed E-state index contributed by atoms with van der Waals surface area (Å²) in [5.41, 5.74) is 3.99. The van der Waals surface area contributed by atoms with E-state index in [0.29, 0.717) is 18.8 Å². The molecule has 2 aliphatic rings. The zero-order chi connectivity index (χ0) is 18.4. The molecule has 1 amide bonds. The molecule has 1 aliphatic heterocycles. The quantitative estimate of drug-likeness (QED) is 0.775. The molecule has 7 nitrogen and oxygen atoms in total. The number of fused-ring (bicyclic) bond motifs is 2. The van der Waals surface area contributed by atoms with Crippen molar-refractivity contribution in [1.29, 1.82) is 0 Å². The van der Waals surface area contributed by atoms with Crippen molar-refractivity contribution in [2.24, 2.45) is 0 Å². The maximum absolute atomic E-state index is 13.4. The number of nitrogens with one attached hydrogen (secondary N) is 1. The van der Waals surface area contributed by atoms with E-state index < -0.39 is 0 Å². The second-order valence-electron chi connectivity index (χ2n) is 7.33. The summed E-state index contributed by atoms with van der Waals surface area (Å²) in [6, 6.07) is 10.1. The molecule has 3 aromatic rings. The number of aromatic nitrogens is 5. The molecule has 0 unspecified atom stereocenters. The van der Waals surface area contributed by atoms with Gasteiger partial charge in [-0.1, -0.05) is 30.3 Å². The first kappa shape index (κ1) is 16.2. The minimum Gasteiger partial charge on any atom is -0.325 e. The second kappa shape index (κ2) is 6.33. The summed E-state index contributed by atoms with van der Waals surface area (Å²) in [5.74, 6) is 1.61. The summed E-state index contributed by atoms with van der Waals surface area (Å²) < 4.78 is 1.95. The van der Waals surface area contributed by atoms with Gasteiger partial charge in [0.2, 0.25) is 0 Å². The lowest BCUT2D eigenvalue weighted by molar-refractivity contribution is 0.0601. The Morgan fingerprint density at radius 2 is 2.07 bits per heavy atom. The van der Waals surface area contributed by atoms with Gasteiger partial charge in [0.25, 0.3) is 5.91 Å². The number of rotatable bonds is 3. The molecule has 0 bridgehead atoms. The van der Waals surface area contributed by atoms with Crippen molar-refractivity contribution in [1.82, 2.24) is 29.9 Å². The van der Waals surface area contributed by atoms with E-state index in [9.17, 15) is 4.79 Å². The Morgan fingerprint density at radius 1 is 1.22 bits per heavy atom. The number of carbonyl (C=O) groups excluding carboxylic acids is 1. The van der Waals surface area contributed by atoms with Crippen LogP contribution in [0, 0.1) is 6.92 Å². The fraction of sp³-hybridized carbons (Fsp3) is 0.400. The number of amides is 1. The molecule has 1 N–H and O–H groups in total. The van der Waals surface area contributed by atoms with Gasteiger partial charge in [0, 0.05) is 24.2 Å². The molecule has 0 saturated carbocycles. The molecule has 0 spiro atoms. The van der Waals surface area contributed by atoms with Crippen LogP contribution in [-0.2, 0) is 25.8 Å². The first-order chi connectivity index (χ1) is 13.2. The lowest BCUT2D eigenvalue weighted by Gasteiger charge is -2.35. The van der Waals surface area contributed by atoms with E-state index in [1.54, 1.807) is 0 Å². The monoisotopic (exact) mass is 362 g/mol. The number of carbonyl (C=O) groups is 1. The van der Waals surface area contributed by atoms with Crippen molar-refractivity contribution in [3.8, 4) is 0 Å². The second-order valence-corrected chi connectivity index (χ2v) is 7.33. The molecule has 2 aromatic heterocycles. The van der Waals surface area contributed by atoms with Crippen molar-refractivity contribution in [2.45, 2.75) is 45.2 Å². The van der Waals surface area contributed by atoms with E-state index in [2.05, 4.69) is 32.4 Å². The van der Waals surface area contributed by atoms with Gasteiger partial charge < -0.3 is 4.90 Å². The zero-order valence-corrected chi connectivity index (χ0v) is 15.4. The molecule has 7 heteroatoms. The Hall–Kier alpha value is -2.96. The van der Waals surface area contributed by atoms with E-state index in [-0.39, 0.29) is 11.9 Å². The third kappa shape index (κ3) is 2.74. The van der Waals surface area contributed by atoms with Crippen LogP contribution in [0.25, 0.3) is 0 Å². The normalized spacial score (nSPS) is 18.4. The first-order valence-corrected chi connectivity index (χ1v) is 9.53. The number of aryl methyl sites for hydroxylation is 2. The summed E-state index contributed by atoms with van der Waals surface area (Å²) >= 11 is 0. The van der Waals surface area contributed by atoms with Crippen molar-refractivity contribution in [3.05, 3.63) is 64.5 Å². The largest absolute Gasteiger partial charge is 0.325 e. The smallest absolute Gasteiger partial charge is 0.275 e. The molecule has 0 saturated heterocycles. The number of benzene rings is 1. The highest BCUT2D eigenvalue weighted by molar-refractivity contribution is 5.94. The molecular formula is C20H22N6O. The zero-order valence-electron chi connectivity index (χ0n) is 15.4. The van der Waals surface area contributed by atoms with Crippen molar-refractivity contribution in [3.63, 3.8) is 0 Å². The summed E-state index contributed by atoms with van der Waals surface area (Å²) in [7, 11) is 0. The van der Waals surface area contributed by atoms with Crippen LogP contribution in [0.1, 0.15) is 51.4 Å². The van der Waals surface area contributed by atoms with Crippen LogP contribution in [0.3, 0.4) is 0 Å². The molecule has 27 heavy (non-hydrogen) atoms. The third-order valence-corrected chi connectivity index (χ3v) is 5.57. The van der Waals surface area contributed by atoms with E-state index >= 15 is 0 Å². The SMILES string of the molecule is Cc1nc2n(n1)CCN(C(=O)c1n[nH]c3c1CCC3)[C@H]2Cc1ccccc1. The average Bonchev–Trinajstić information content (AvgIpc) is 3.37. The average molecular weight is 362 g/mol. The molecule has 0 fully saturated rings. The Bertz CT molecular complexity index is 989. The third-order valence-electron chi connectivity index (χ3n) is 5.57. The fourth-order valence-corrected chi connectivity index (χ4v) is 4.29. The maximum atomic E-state index is 13.4. The number of nitrogens with zero attached hydrogens (tertiary/aromatic N) is 5. The van der Waals surface area contributed by atoms with Gasteiger partial charge in [0.05, 0.1) is 12.6 Å². The van der Waals surface area contributed by atoms with Crippen molar-refractivity contribution < 1.29 is 4.79 Å². The minimum atomic E-state index is -0.136. The fourth-order valence-electron chi connectivity index (χ4n) is 4.29. The van der Waals surface area contributed by atoms with Gasteiger partial charge in [-0.2, -0.15) is 10.2 Å². The highest BCUT2D eigenvalue weighted by Crippen LogP contribution is 2.31. The molecule has 1 aliphatic carbocycles. The highest BCUT2D eigenvalue weighted by atomic mass is 16.2. The van der Waals surface area contributed by atoms with Gasteiger partial charge in [0.1, 0.15) is 11.6 Å². The van der Waals surface area contributed by atoms with Crippen LogP contribution >= 0.6 is 0 Å². The molecule has 3 heterocycles. The summed E-state index contributed by atoms with van der Waals surface area (Å²) in [6.45, 7) is 3.19. The van der Waals surface area contributed by atoms with E-state index in [1.807, 2.05) is 34.7 Å². The van der Waals surface area contributed by atoms with E-state index in [1.165, 1.54) is 5.56 Å². The molecule has 1 atom stereocenters. The topological polar surface area (TPSA) is 79.7 Å². The Balaban J connectivity index is 1.52. The summed E-state index contributed by atoms with van der Waals surface area (Å²) in [5, 5.41) is 11.9. The van der Waals surface area contributed by atoms with Crippen LogP contribution in [0.5, 0.6) is 0 Å². The van der Waals surface area contributed by atoms with Gasteiger partial charge in [-0.3, -0.25) is 9.89 Å². The predicted octanol–water partition coefficient (Wildman–Crippen LogP) is 2.24. The highest BCUT2D eigenvalue weighted by Gasteiger charge is 2.36. The lowest BCUT2D eigenvalue weighted by Crippen LogP contribution is -2.44. The summed E-state index contributed by atoms with van der Waals surface area (Å²) in [4.78, 5) is 20.0. The first-order valence-electron chi connectivity index (χ1n) is 9.53. The van der Waals surface area contributed by atoms with Gasteiger partial charge in [-0.25, -0.2) is 9.67 Å². The molecule has 138 valence electrons. The van der Waals surface area contributed by atoms with Crippen molar-refractivity contribution in [2.75, 3.05) is 6.54 Å². The number of H-pyrrole nitrogens is 1. The maximum Gasteiger partial charge on any atom is 0.275 e. The molecular weight excluding hydrogens is 340 g/mol. The standard InChI is InChI=1S/C20H22N6O/c1-13-21-19-17(12-14-6-3-2-4-7-14)25(10-11-26(19)24-13)20(27)18-15-8-5-9-16(15)22-23-18/h2-4,6-7,17H,5,8-12H2,1H3,(H,22,23)/t17-/m0/s1. The summed E-state index contributed by atoms with van der Waals surface area (Å²) in [6.07, 6.45) is 3.72. The van der Waals surface area contributed by atoms with Crippen LogP contribution in [0.4, 0.5) is 0 Å². The molecule has 5 rings (SSSR count). The Labute approximate surface area is 157 Å². The van der Waals surface area contributed by atoms with Gasteiger partial charge in [0.15, 0.2) is 5.69 Å². The van der Waals surface area contributed by atoms with Crippen LogP contribution in [-0.4, -0.2) is 42.3 Å². The predicted molar refractivity (Wildman–Crippen MR) is 99.3 cm³/mol. The van der Waals surface area contributed by atoms with E-state index in [0.717, 1.165) is 48.6 Å². The Kier molecular flexibility index (Phi) is 3.81. The van der Waals surface area contributed by atoms with Crippen LogP contribution < -0.4 is 0 Å². The Morgan fingerprint density at radius 3 is 2.93 bits per heavy atom. The van der Waals surface area contributed by atoms with Gasteiger partial charge in [-0.15, -0.1) is 0 Å². The van der Waals surface area contributed by atoms with E-state index in [4.69, 9.17) is 0 Å². The molecule has 1 aromatic carbocycles. The number of hydrogen-bond donors (Lipinski definition) is 1. The number of aromatic amines is 1. The van der Waals surface area contributed by atoms with Crippen LogP contribution in [0.2, 0.25) is 0 Å². The lowest BCUT2D eigenvalue weighted by atomic mass is 10.0. The van der Waals surface area contributed by atoms with Gasteiger partial charge >= 0.3 is 0 Å². The number of hydrogen-bond acceptors (Lipinski definition) is 4. The van der Waals surface area contributed by atoms with Crippen LogP contribution in [0.15, 0.2) is 30.3 Å². The van der Waals surface area contributed by atoms with Gasteiger partial charge in [-0.05, 0) is 31.7 Å². The van der Waals surface area contributed by atoms with Crippen molar-refractivity contribution >= 4 is 5.91 Å².